The van der Waals surface area contributed by atoms with Crippen LogP contribution in [0.1, 0.15) is 70.7 Å². The highest BCUT2D eigenvalue weighted by molar-refractivity contribution is 5.86. The largest absolute Gasteiger partial charge is 0.481 e. The number of hydrogen-bond acceptors (Lipinski definition) is 5. The summed E-state index contributed by atoms with van der Waals surface area (Å²) in [5.74, 6) is -0.778. The second-order valence-electron chi connectivity index (χ2n) is 9.79. The van der Waals surface area contributed by atoms with E-state index in [1.165, 1.54) is 4.90 Å². The summed E-state index contributed by atoms with van der Waals surface area (Å²) in [5, 5.41) is 10.7. The molecule has 176 valence electrons. The third kappa shape index (κ3) is 5.78. The summed E-state index contributed by atoms with van der Waals surface area (Å²) in [5.41, 5.74) is 0.718. The van der Waals surface area contributed by atoms with Crippen molar-refractivity contribution in [2.45, 2.75) is 65.0 Å². The molecule has 0 bridgehead atoms. The Morgan fingerprint density at radius 1 is 1.18 bits per heavy atom. The highest BCUT2D eigenvalue weighted by Crippen LogP contribution is 2.37. The van der Waals surface area contributed by atoms with Gasteiger partial charge in [-0.15, -0.1) is 0 Å². The van der Waals surface area contributed by atoms with Gasteiger partial charge in [-0.05, 0) is 58.2 Å². The predicted molar refractivity (Wildman–Crippen MR) is 127 cm³/mol. The van der Waals surface area contributed by atoms with Crippen molar-refractivity contribution in [3.63, 3.8) is 0 Å². The Labute approximate surface area is 194 Å². The molecule has 1 aliphatic rings. The molecule has 7 heteroatoms. The summed E-state index contributed by atoms with van der Waals surface area (Å²) in [7, 11) is 1.68. The summed E-state index contributed by atoms with van der Waals surface area (Å²) >= 11 is 0. The number of pyridine rings is 1. The topological polar surface area (TPSA) is 96.8 Å². The molecule has 0 spiro atoms. The number of nitrogens with zero attached hydrogens (tertiary/aromatic N) is 2. The summed E-state index contributed by atoms with van der Waals surface area (Å²) < 4.78 is 5.45. The van der Waals surface area contributed by atoms with Crippen LogP contribution >= 0.6 is 0 Å². The van der Waals surface area contributed by atoms with E-state index in [2.05, 4.69) is 0 Å². The fourth-order valence-electron chi connectivity index (χ4n) is 3.86. The number of benzene rings is 1. The number of rotatable bonds is 5. The first kappa shape index (κ1) is 24.4. The van der Waals surface area contributed by atoms with E-state index in [0.29, 0.717) is 25.7 Å². The van der Waals surface area contributed by atoms with Crippen LogP contribution < -0.4 is 0 Å². The molecule has 1 amide bonds. The van der Waals surface area contributed by atoms with E-state index >= 15 is 0 Å². The molecule has 2 aromatic rings. The molecule has 1 fully saturated rings. The Balaban J connectivity index is 1.84. The number of carboxylic acids is 1. The maximum atomic E-state index is 12.4. The number of carboxylic acid groups (broad SMARTS) is 1. The fourth-order valence-corrected chi connectivity index (χ4v) is 3.86. The molecule has 1 aromatic carbocycles. The maximum absolute atomic E-state index is 12.4. The smallest absolute Gasteiger partial charge is 0.410 e. The second kappa shape index (κ2) is 9.33. The molecule has 0 saturated heterocycles. The lowest BCUT2D eigenvalue weighted by Crippen LogP contribution is -2.36. The number of fused-ring (bicyclic) bond motifs is 1. The van der Waals surface area contributed by atoms with Gasteiger partial charge in [-0.3, -0.25) is 14.6 Å². The first-order valence-electron chi connectivity index (χ1n) is 11.2. The zero-order chi connectivity index (χ0) is 24.4. The monoisotopic (exact) mass is 452 g/mol. The van der Waals surface area contributed by atoms with Crippen LogP contribution in [0.15, 0.2) is 36.4 Å². The van der Waals surface area contributed by atoms with Gasteiger partial charge in [0.15, 0.2) is 0 Å². The number of carbonyl (C=O) groups excluding carboxylic acids is 2. The van der Waals surface area contributed by atoms with Crippen molar-refractivity contribution in [3.8, 4) is 0 Å². The van der Waals surface area contributed by atoms with Crippen molar-refractivity contribution in [2.24, 2.45) is 5.41 Å². The average molecular weight is 453 g/mol. The van der Waals surface area contributed by atoms with Gasteiger partial charge in [0.1, 0.15) is 11.4 Å². The molecule has 1 unspecified atom stereocenters. The number of carbonyl (C=O) groups is 3. The molecular formula is C26H32N2O5. The number of Topliss-reactive ketones (excluding diaryl/α,β-unsaturated/α-hetero) is 1. The van der Waals surface area contributed by atoms with E-state index in [0.717, 1.165) is 22.2 Å². The Morgan fingerprint density at radius 3 is 2.42 bits per heavy atom. The van der Waals surface area contributed by atoms with Crippen LogP contribution in [0.3, 0.4) is 0 Å². The molecule has 1 atom stereocenters. The molecule has 1 aromatic heterocycles. The Bertz CT molecular complexity index is 1090. The van der Waals surface area contributed by atoms with Gasteiger partial charge in [0.2, 0.25) is 0 Å². The van der Waals surface area contributed by atoms with Gasteiger partial charge in [-0.1, -0.05) is 30.4 Å². The minimum atomic E-state index is -1.01. The van der Waals surface area contributed by atoms with Crippen molar-refractivity contribution < 1.29 is 24.2 Å². The minimum absolute atomic E-state index is 0.119. The Kier molecular flexibility index (Phi) is 6.91. The standard InChI is InChI=1S/C26H32N2O5/c1-17(28(5)24(32)33-25(2,3)4)21-9-8-19-7-6-18(16-22(19)27-21)10-13-26(23(30)31)14-11-20(29)12-15-26/h6-10,13,16-17H,11-12,14-15H2,1-5H3,(H,30,31). The lowest BCUT2D eigenvalue weighted by molar-refractivity contribution is -0.148. The lowest BCUT2D eigenvalue weighted by Gasteiger charge is -2.29. The van der Waals surface area contributed by atoms with Crippen LogP contribution in [0.25, 0.3) is 17.0 Å². The summed E-state index contributed by atoms with van der Waals surface area (Å²) in [6.07, 6.45) is 4.33. The van der Waals surface area contributed by atoms with Crippen LogP contribution in [-0.2, 0) is 14.3 Å². The second-order valence-corrected chi connectivity index (χ2v) is 9.79. The highest BCUT2D eigenvalue weighted by atomic mass is 16.6. The third-order valence-corrected chi connectivity index (χ3v) is 6.15. The quantitative estimate of drug-likeness (QED) is 0.653. The molecule has 7 nitrogen and oxygen atoms in total. The number of ketones is 1. The van der Waals surface area contributed by atoms with Gasteiger partial charge < -0.3 is 14.7 Å². The number of amides is 1. The van der Waals surface area contributed by atoms with Crippen LogP contribution in [0.5, 0.6) is 0 Å². The van der Waals surface area contributed by atoms with E-state index < -0.39 is 23.1 Å². The average Bonchev–Trinajstić information content (AvgIpc) is 2.76. The number of aliphatic carboxylic acids is 1. The van der Waals surface area contributed by atoms with Gasteiger partial charge in [-0.25, -0.2) is 4.79 Å². The van der Waals surface area contributed by atoms with E-state index in [9.17, 15) is 19.5 Å². The zero-order valence-electron chi connectivity index (χ0n) is 19.9. The SMILES string of the molecule is CC(c1ccc2ccc(C=CC3(C(=O)O)CCC(=O)CC3)cc2n1)N(C)C(=O)OC(C)(C)C. The van der Waals surface area contributed by atoms with Gasteiger partial charge in [0.05, 0.1) is 22.7 Å². The zero-order valence-corrected chi connectivity index (χ0v) is 19.9. The first-order valence-corrected chi connectivity index (χ1v) is 11.2. The van der Waals surface area contributed by atoms with E-state index in [1.54, 1.807) is 19.2 Å². The number of aromatic nitrogens is 1. The molecule has 0 aliphatic heterocycles. The molecule has 0 radical (unpaired) electrons. The Morgan fingerprint density at radius 2 is 1.82 bits per heavy atom. The molecule has 33 heavy (non-hydrogen) atoms. The fraction of sp³-hybridized carbons (Fsp3) is 0.462. The first-order chi connectivity index (χ1) is 15.4. The van der Waals surface area contributed by atoms with Crippen molar-refractivity contribution in [3.05, 3.63) is 47.7 Å². The van der Waals surface area contributed by atoms with E-state index in [1.807, 2.05) is 58.0 Å². The Hall–Kier alpha value is -3.22. The van der Waals surface area contributed by atoms with Gasteiger partial charge >= 0.3 is 12.1 Å². The maximum Gasteiger partial charge on any atom is 0.410 e. The van der Waals surface area contributed by atoms with E-state index in [-0.39, 0.29) is 11.8 Å². The van der Waals surface area contributed by atoms with Crippen molar-refractivity contribution in [2.75, 3.05) is 7.05 Å². The van der Waals surface area contributed by atoms with Crippen LogP contribution in [0.4, 0.5) is 4.79 Å². The molecular weight excluding hydrogens is 420 g/mol. The van der Waals surface area contributed by atoms with Crippen molar-refractivity contribution >= 4 is 34.8 Å². The number of ether oxygens (including phenoxy) is 1. The summed E-state index contributed by atoms with van der Waals surface area (Å²) in [4.78, 5) is 42.2. The van der Waals surface area contributed by atoms with Crippen molar-refractivity contribution in [1.29, 1.82) is 0 Å². The number of hydrogen-bond donors (Lipinski definition) is 1. The minimum Gasteiger partial charge on any atom is -0.481 e. The lowest BCUT2D eigenvalue weighted by atomic mass is 9.73. The highest BCUT2D eigenvalue weighted by Gasteiger charge is 2.39. The normalized spacial score (nSPS) is 17.2. The van der Waals surface area contributed by atoms with Crippen LogP contribution in [0, 0.1) is 5.41 Å². The predicted octanol–water partition coefficient (Wildman–Crippen LogP) is 5.39. The molecule has 1 heterocycles. The molecule has 1 saturated carbocycles. The summed E-state index contributed by atoms with van der Waals surface area (Å²) in [6, 6.07) is 9.31. The summed E-state index contributed by atoms with van der Waals surface area (Å²) in [6.45, 7) is 7.37. The molecule has 1 aliphatic carbocycles. The van der Waals surface area contributed by atoms with Crippen molar-refractivity contribution in [1.82, 2.24) is 9.88 Å². The van der Waals surface area contributed by atoms with Gasteiger partial charge in [0, 0.05) is 25.3 Å². The molecule has 3 rings (SSSR count). The third-order valence-electron chi connectivity index (χ3n) is 6.15. The van der Waals surface area contributed by atoms with E-state index in [4.69, 9.17) is 9.72 Å². The van der Waals surface area contributed by atoms with Crippen LogP contribution in [0.2, 0.25) is 0 Å². The van der Waals surface area contributed by atoms with Crippen LogP contribution in [-0.4, -0.2) is 45.5 Å². The molecule has 1 N–H and O–H groups in total. The van der Waals surface area contributed by atoms with Gasteiger partial charge in [-0.2, -0.15) is 0 Å². The van der Waals surface area contributed by atoms with Gasteiger partial charge in [0.25, 0.3) is 0 Å².